The molecule has 2 aromatic heterocycles. The zero-order valence-corrected chi connectivity index (χ0v) is 17.4. The van der Waals surface area contributed by atoms with E-state index in [1.807, 2.05) is 60.7 Å². The molecule has 0 saturated carbocycles. The van der Waals surface area contributed by atoms with Gasteiger partial charge in [0, 0.05) is 4.88 Å². The van der Waals surface area contributed by atoms with Gasteiger partial charge < -0.3 is 0 Å². The molecule has 5 rings (SSSR count). The normalized spacial score (nSPS) is 13.6. The van der Waals surface area contributed by atoms with Crippen molar-refractivity contribution in [2.45, 2.75) is 32.2 Å². The van der Waals surface area contributed by atoms with Gasteiger partial charge in [0.2, 0.25) is 5.95 Å². The zero-order chi connectivity index (χ0) is 20.3. The van der Waals surface area contributed by atoms with Crippen LogP contribution in [0.5, 0.6) is 0 Å². The molecule has 1 aliphatic rings. The van der Waals surface area contributed by atoms with Gasteiger partial charge >= 0.3 is 0 Å². The van der Waals surface area contributed by atoms with Gasteiger partial charge in [-0.2, -0.15) is 5.10 Å². The van der Waals surface area contributed by atoms with Crippen molar-refractivity contribution in [2.75, 3.05) is 5.43 Å². The van der Waals surface area contributed by atoms with Gasteiger partial charge in [0.25, 0.3) is 5.56 Å². The van der Waals surface area contributed by atoms with Crippen molar-refractivity contribution in [3.63, 3.8) is 0 Å². The number of thiophene rings is 1. The van der Waals surface area contributed by atoms with Gasteiger partial charge in [0.05, 0.1) is 18.1 Å². The van der Waals surface area contributed by atoms with E-state index in [2.05, 4.69) is 10.5 Å². The van der Waals surface area contributed by atoms with Crippen LogP contribution < -0.4 is 11.0 Å². The van der Waals surface area contributed by atoms with Crippen LogP contribution in [0, 0.1) is 0 Å². The summed E-state index contributed by atoms with van der Waals surface area (Å²) in [4.78, 5) is 20.5. The van der Waals surface area contributed by atoms with E-state index in [0.29, 0.717) is 12.5 Å². The monoisotopic (exact) mass is 414 g/mol. The smallest absolute Gasteiger partial charge is 0.264 e. The van der Waals surface area contributed by atoms with Crippen molar-refractivity contribution in [1.82, 2.24) is 9.55 Å². The zero-order valence-electron chi connectivity index (χ0n) is 16.5. The molecule has 1 N–H and O–H groups in total. The molecule has 0 bridgehead atoms. The Kier molecular flexibility index (Phi) is 5.15. The molecule has 4 aromatic rings. The highest BCUT2D eigenvalue weighted by Gasteiger charge is 2.22. The predicted octanol–water partition coefficient (Wildman–Crippen LogP) is 4.83. The van der Waals surface area contributed by atoms with E-state index >= 15 is 0 Å². The van der Waals surface area contributed by atoms with Crippen molar-refractivity contribution in [1.29, 1.82) is 0 Å². The molecule has 1 aliphatic carbocycles. The van der Waals surface area contributed by atoms with Crippen LogP contribution in [0.25, 0.3) is 10.2 Å². The molecule has 6 heteroatoms. The van der Waals surface area contributed by atoms with Crippen molar-refractivity contribution in [3.8, 4) is 0 Å². The van der Waals surface area contributed by atoms with Gasteiger partial charge in [-0.15, -0.1) is 11.3 Å². The first-order chi connectivity index (χ1) is 14.8. The molecule has 0 saturated heterocycles. The lowest BCUT2D eigenvalue weighted by atomic mass is 9.97. The lowest BCUT2D eigenvalue weighted by Crippen LogP contribution is -2.25. The average molecular weight is 415 g/mol. The van der Waals surface area contributed by atoms with Gasteiger partial charge in [-0.25, -0.2) is 10.4 Å². The third-order valence-electron chi connectivity index (χ3n) is 5.44. The number of anilines is 1. The minimum absolute atomic E-state index is 0.0145. The average Bonchev–Trinajstić information content (AvgIpc) is 3.16. The van der Waals surface area contributed by atoms with Gasteiger partial charge in [0.1, 0.15) is 4.83 Å². The van der Waals surface area contributed by atoms with Gasteiger partial charge in [-0.3, -0.25) is 9.36 Å². The van der Waals surface area contributed by atoms with Crippen molar-refractivity contribution in [2.24, 2.45) is 5.10 Å². The van der Waals surface area contributed by atoms with Crippen LogP contribution in [0.1, 0.15) is 34.4 Å². The van der Waals surface area contributed by atoms with Gasteiger partial charge in [-0.1, -0.05) is 60.7 Å². The molecule has 0 atom stereocenters. The third-order valence-corrected chi connectivity index (χ3v) is 6.62. The summed E-state index contributed by atoms with van der Waals surface area (Å²) in [6, 6.07) is 19.9. The summed E-state index contributed by atoms with van der Waals surface area (Å²) in [6.07, 6.45) is 6.07. The minimum Gasteiger partial charge on any atom is -0.272 e. The number of nitrogens with one attached hydrogen (secondary N) is 1. The first-order valence-corrected chi connectivity index (χ1v) is 11.0. The molecule has 0 amide bonds. The van der Waals surface area contributed by atoms with E-state index in [0.717, 1.165) is 40.6 Å². The molecule has 2 heterocycles. The second-order valence-electron chi connectivity index (χ2n) is 7.48. The number of nitrogens with zero attached hydrogens (tertiary/aromatic N) is 3. The highest BCUT2D eigenvalue weighted by molar-refractivity contribution is 7.18. The Balaban J connectivity index is 1.59. The SMILES string of the molecule is O=c1c2c3c(sc2nc(N/N=C\c2ccccc2)n1Cc1ccccc1)CCCC3. The van der Waals surface area contributed by atoms with E-state index in [9.17, 15) is 4.79 Å². The highest BCUT2D eigenvalue weighted by atomic mass is 32.1. The molecule has 2 aromatic carbocycles. The van der Waals surface area contributed by atoms with Crippen LogP contribution >= 0.6 is 11.3 Å². The quantitative estimate of drug-likeness (QED) is 0.376. The molecule has 0 radical (unpaired) electrons. The number of benzene rings is 2. The second kappa shape index (κ2) is 8.24. The maximum absolute atomic E-state index is 13.6. The van der Waals surface area contributed by atoms with Crippen molar-refractivity contribution >= 4 is 33.7 Å². The molecule has 5 nitrogen and oxygen atoms in total. The van der Waals surface area contributed by atoms with Crippen LogP contribution in [-0.4, -0.2) is 15.8 Å². The summed E-state index contributed by atoms with van der Waals surface area (Å²) >= 11 is 1.66. The minimum atomic E-state index is 0.0145. The molecule has 0 fully saturated rings. The lowest BCUT2D eigenvalue weighted by Gasteiger charge is -2.13. The topological polar surface area (TPSA) is 59.3 Å². The van der Waals surface area contributed by atoms with E-state index in [1.54, 1.807) is 22.1 Å². The van der Waals surface area contributed by atoms with E-state index in [1.165, 1.54) is 16.9 Å². The summed E-state index contributed by atoms with van der Waals surface area (Å²) in [5.74, 6) is 0.474. The Morgan fingerprint density at radius 2 is 1.77 bits per heavy atom. The van der Waals surface area contributed by atoms with Crippen molar-refractivity contribution < 1.29 is 0 Å². The summed E-state index contributed by atoms with van der Waals surface area (Å²) < 4.78 is 1.71. The van der Waals surface area contributed by atoms with Crippen LogP contribution in [0.15, 0.2) is 70.6 Å². The fraction of sp³-hybridized carbons (Fsp3) is 0.208. The Bertz CT molecular complexity index is 1260. The molecule has 0 spiro atoms. The lowest BCUT2D eigenvalue weighted by molar-refractivity contribution is 0.698. The summed E-state index contributed by atoms with van der Waals surface area (Å²) in [6.45, 7) is 0.455. The predicted molar refractivity (Wildman–Crippen MR) is 124 cm³/mol. The fourth-order valence-electron chi connectivity index (χ4n) is 3.94. The van der Waals surface area contributed by atoms with E-state index in [4.69, 9.17) is 4.98 Å². The Morgan fingerprint density at radius 3 is 2.57 bits per heavy atom. The van der Waals surface area contributed by atoms with Crippen LogP contribution in [0.4, 0.5) is 5.95 Å². The maximum Gasteiger partial charge on any atom is 0.264 e. The Morgan fingerprint density at radius 1 is 1.03 bits per heavy atom. The number of hydrazone groups is 1. The molecule has 0 unspecified atom stereocenters. The van der Waals surface area contributed by atoms with E-state index < -0.39 is 0 Å². The van der Waals surface area contributed by atoms with Crippen LogP contribution in [0.3, 0.4) is 0 Å². The summed E-state index contributed by atoms with van der Waals surface area (Å²) in [5.41, 5.74) is 6.28. The molecule has 0 aliphatic heterocycles. The largest absolute Gasteiger partial charge is 0.272 e. The second-order valence-corrected chi connectivity index (χ2v) is 8.57. The summed E-state index contributed by atoms with van der Waals surface area (Å²) in [7, 11) is 0. The van der Waals surface area contributed by atoms with Crippen LogP contribution in [0.2, 0.25) is 0 Å². The molecule has 30 heavy (non-hydrogen) atoms. The Hall–Kier alpha value is -3.25. The number of aromatic nitrogens is 2. The number of hydrogen-bond acceptors (Lipinski definition) is 5. The van der Waals surface area contributed by atoms with E-state index in [-0.39, 0.29) is 5.56 Å². The Labute approximate surface area is 178 Å². The molecular formula is C24H22N4OS. The van der Waals surface area contributed by atoms with Gasteiger partial charge in [0.15, 0.2) is 0 Å². The number of aryl methyl sites for hydroxylation is 2. The number of fused-ring (bicyclic) bond motifs is 3. The molecule has 150 valence electrons. The number of hydrogen-bond donors (Lipinski definition) is 1. The highest BCUT2D eigenvalue weighted by Crippen LogP contribution is 2.34. The van der Waals surface area contributed by atoms with Crippen LogP contribution in [-0.2, 0) is 19.4 Å². The van der Waals surface area contributed by atoms with Gasteiger partial charge in [-0.05, 0) is 42.4 Å². The maximum atomic E-state index is 13.6. The standard InChI is InChI=1S/C24H22N4OS/c29-23-21-19-13-7-8-14-20(19)30-22(21)26-24(27-25-15-17-9-3-1-4-10-17)28(23)16-18-11-5-2-6-12-18/h1-6,9-12,15H,7-8,13-14,16H2,(H,26,27)/b25-15-. The molecular weight excluding hydrogens is 392 g/mol. The number of rotatable bonds is 5. The van der Waals surface area contributed by atoms with Crippen molar-refractivity contribution in [3.05, 3.63) is 92.6 Å². The fourth-order valence-corrected chi connectivity index (χ4v) is 5.19. The first kappa shape index (κ1) is 18.8. The summed E-state index contributed by atoms with van der Waals surface area (Å²) in [5, 5.41) is 5.15. The first-order valence-electron chi connectivity index (χ1n) is 10.2. The third kappa shape index (κ3) is 3.66.